The summed E-state index contributed by atoms with van der Waals surface area (Å²) in [4.78, 5) is 57.4. The van der Waals surface area contributed by atoms with Gasteiger partial charge in [-0.3, -0.25) is 24.5 Å². The second-order valence-electron chi connectivity index (χ2n) is 11.2. The van der Waals surface area contributed by atoms with Crippen molar-refractivity contribution >= 4 is 34.9 Å². The molecule has 222 valence electrons. The summed E-state index contributed by atoms with van der Waals surface area (Å²) in [5.41, 5.74) is 1.31. The average molecular weight is 598 g/mol. The fourth-order valence-electron chi connectivity index (χ4n) is 7.22. The Morgan fingerprint density at radius 2 is 1.73 bits per heavy atom. The quantitative estimate of drug-likeness (QED) is 0.112. The topological polar surface area (TPSA) is 119 Å². The van der Waals surface area contributed by atoms with Gasteiger partial charge in [0.2, 0.25) is 5.91 Å². The van der Waals surface area contributed by atoms with Crippen LogP contribution in [0.15, 0.2) is 116 Å². The standard InChI is InChI=1S/C36H27N3O6/c1-2-20-45-29-17-8-5-14-26(29)33(41)30-31(32(40)23-11-9-12-24(21-23)39(43)44)38-19-18-22-10-3-4-13-25(22)34(38)36(30)27-15-6-7-16-28(27)37-35(36)42/h2-19,21,30-31,34H,1,20H2,(H,37,42)/t30-,31+,34-,36+/m0/s1. The number of non-ortho nitro benzene ring substituents is 1. The Morgan fingerprint density at radius 3 is 2.56 bits per heavy atom. The third-order valence-corrected chi connectivity index (χ3v) is 8.97. The molecular weight excluding hydrogens is 570 g/mol. The number of Topliss-reactive ketones (excluding diaryl/α,β-unsaturated/α-hetero) is 2. The molecule has 3 aliphatic rings. The van der Waals surface area contributed by atoms with Crippen LogP contribution in [0.4, 0.5) is 11.4 Å². The Labute approximate surface area is 258 Å². The number of ether oxygens (including phenoxy) is 1. The summed E-state index contributed by atoms with van der Waals surface area (Å²) in [6.45, 7) is 3.85. The van der Waals surface area contributed by atoms with E-state index in [0.717, 1.165) is 11.1 Å². The third kappa shape index (κ3) is 4.11. The first-order valence-corrected chi connectivity index (χ1v) is 14.5. The number of hydrogen-bond acceptors (Lipinski definition) is 7. The molecule has 9 nitrogen and oxygen atoms in total. The number of hydrogen-bond donors (Lipinski definition) is 1. The van der Waals surface area contributed by atoms with Crippen LogP contribution in [0.5, 0.6) is 5.75 Å². The summed E-state index contributed by atoms with van der Waals surface area (Å²) < 4.78 is 5.88. The van der Waals surface area contributed by atoms with E-state index in [2.05, 4.69) is 11.9 Å². The van der Waals surface area contributed by atoms with Gasteiger partial charge in [0, 0.05) is 29.6 Å². The molecule has 1 spiro atoms. The van der Waals surface area contributed by atoms with E-state index in [-0.39, 0.29) is 23.4 Å². The minimum Gasteiger partial charge on any atom is -0.489 e. The van der Waals surface area contributed by atoms with Gasteiger partial charge in [-0.2, -0.15) is 0 Å². The molecule has 3 heterocycles. The highest BCUT2D eigenvalue weighted by Gasteiger charge is 2.71. The number of ketones is 2. The minimum atomic E-state index is -1.54. The lowest BCUT2D eigenvalue weighted by atomic mass is 9.62. The summed E-state index contributed by atoms with van der Waals surface area (Å²) in [5.74, 6) is -2.31. The van der Waals surface area contributed by atoms with Gasteiger partial charge < -0.3 is 15.0 Å². The van der Waals surface area contributed by atoms with Crippen molar-refractivity contribution in [2.45, 2.75) is 17.5 Å². The Kier molecular flexibility index (Phi) is 6.66. The van der Waals surface area contributed by atoms with E-state index in [0.29, 0.717) is 17.0 Å². The van der Waals surface area contributed by atoms with Gasteiger partial charge in [-0.15, -0.1) is 0 Å². The van der Waals surface area contributed by atoms with Gasteiger partial charge in [-0.05, 0) is 41.0 Å². The van der Waals surface area contributed by atoms with E-state index in [1.807, 2.05) is 42.5 Å². The number of nitrogens with one attached hydrogen (secondary N) is 1. The van der Waals surface area contributed by atoms with Crippen LogP contribution in [-0.4, -0.2) is 39.9 Å². The first kappa shape index (κ1) is 28.0. The molecule has 4 aromatic carbocycles. The van der Waals surface area contributed by atoms with Gasteiger partial charge in [0.1, 0.15) is 23.8 Å². The second kappa shape index (κ2) is 10.7. The van der Waals surface area contributed by atoms with Crippen LogP contribution in [0.1, 0.15) is 43.4 Å². The Morgan fingerprint density at radius 1 is 0.978 bits per heavy atom. The van der Waals surface area contributed by atoms with Crippen molar-refractivity contribution in [2.24, 2.45) is 5.92 Å². The number of carbonyl (C=O) groups excluding carboxylic acids is 3. The number of nitro benzene ring substituents is 1. The van der Waals surface area contributed by atoms with Gasteiger partial charge in [0.25, 0.3) is 5.69 Å². The number of rotatable bonds is 8. The van der Waals surface area contributed by atoms with Gasteiger partial charge in [-0.1, -0.05) is 79.4 Å². The lowest BCUT2D eigenvalue weighted by Gasteiger charge is -2.38. The first-order valence-electron chi connectivity index (χ1n) is 14.5. The van der Waals surface area contributed by atoms with E-state index in [1.165, 1.54) is 24.3 Å². The molecule has 0 saturated carbocycles. The van der Waals surface area contributed by atoms with Gasteiger partial charge in [0.15, 0.2) is 11.6 Å². The molecule has 1 fully saturated rings. The zero-order chi connectivity index (χ0) is 31.3. The van der Waals surface area contributed by atoms with E-state index in [4.69, 9.17) is 4.74 Å². The SMILES string of the molecule is C=CCOc1ccccc1C(=O)[C@@H]1[C@H](C(=O)c2cccc([N+](=O)[O-])c2)N2C=Cc3ccccc3[C@H]2[C@]12C(=O)Nc1ccccc12. The molecule has 9 heteroatoms. The highest BCUT2D eigenvalue weighted by atomic mass is 16.6. The van der Waals surface area contributed by atoms with E-state index < -0.39 is 45.8 Å². The predicted octanol–water partition coefficient (Wildman–Crippen LogP) is 6.14. The van der Waals surface area contributed by atoms with E-state index in [9.17, 15) is 19.7 Å². The molecule has 1 N–H and O–H groups in total. The van der Waals surface area contributed by atoms with Crippen LogP contribution >= 0.6 is 0 Å². The Bertz CT molecular complexity index is 1950. The van der Waals surface area contributed by atoms with Crippen molar-refractivity contribution in [3.8, 4) is 5.75 Å². The zero-order valence-corrected chi connectivity index (χ0v) is 24.0. The molecule has 0 bridgehead atoms. The fraction of sp³-hybridized carbons (Fsp3) is 0.139. The number of carbonyl (C=O) groups is 3. The molecule has 0 aliphatic carbocycles. The summed E-state index contributed by atoms with van der Waals surface area (Å²) in [5, 5.41) is 14.7. The molecule has 1 amide bonds. The Balaban J connectivity index is 1.52. The van der Waals surface area contributed by atoms with Crippen LogP contribution in [0, 0.1) is 16.0 Å². The Hall–Kier alpha value is -5.83. The number of fused-ring (bicyclic) bond motifs is 6. The minimum absolute atomic E-state index is 0.0675. The van der Waals surface area contributed by atoms with Crippen LogP contribution < -0.4 is 10.1 Å². The molecule has 45 heavy (non-hydrogen) atoms. The maximum Gasteiger partial charge on any atom is 0.270 e. The maximum absolute atomic E-state index is 15.1. The lowest BCUT2D eigenvalue weighted by Crippen LogP contribution is -2.49. The first-order chi connectivity index (χ1) is 21.9. The number of amides is 1. The number of para-hydroxylation sites is 2. The highest BCUT2D eigenvalue weighted by molar-refractivity contribution is 6.17. The normalized spacial score (nSPS) is 22.3. The van der Waals surface area contributed by atoms with Crippen molar-refractivity contribution in [2.75, 3.05) is 11.9 Å². The smallest absolute Gasteiger partial charge is 0.270 e. The van der Waals surface area contributed by atoms with Gasteiger partial charge in [-0.25, -0.2) is 0 Å². The molecule has 4 atom stereocenters. The summed E-state index contributed by atoms with van der Waals surface area (Å²) in [6, 6.07) is 25.1. The molecule has 3 aliphatic heterocycles. The predicted molar refractivity (Wildman–Crippen MR) is 168 cm³/mol. The molecule has 4 aromatic rings. The number of nitrogens with zero attached hydrogens (tertiary/aromatic N) is 2. The third-order valence-electron chi connectivity index (χ3n) is 8.97. The second-order valence-corrected chi connectivity index (χ2v) is 11.2. The molecular formula is C36H27N3O6. The van der Waals surface area contributed by atoms with Crippen molar-refractivity contribution in [3.05, 3.63) is 154 Å². The zero-order valence-electron chi connectivity index (χ0n) is 24.0. The summed E-state index contributed by atoms with van der Waals surface area (Å²) in [6.07, 6.45) is 5.19. The lowest BCUT2D eigenvalue weighted by molar-refractivity contribution is -0.384. The number of anilines is 1. The monoisotopic (exact) mass is 597 g/mol. The van der Waals surface area contributed by atoms with E-state index >= 15 is 4.79 Å². The van der Waals surface area contributed by atoms with Gasteiger partial charge >= 0.3 is 0 Å². The summed E-state index contributed by atoms with van der Waals surface area (Å²) >= 11 is 0. The van der Waals surface area contributed by atoms with Crippen molar-refractivity contribution < 1.29 is 24.0 Å². The van der Waals surface area contributed by atoms with Crippen LogP contribution in [0.3, 0.4) is 0 Å². The van der Waals surface area contributed by atoms with Crippen LogP contribution in [0.25, 0.3) is 6.08 Å². The molecule has 0 radical (unpaired) electrons. The summed E-state index contributed by atoms with van der Waals surface area (Å²) in [7, 11) is 0. The van der Waals surface area contributed by atoms with E-state index in [1.54, 1.807) is 53.6 Å². The van der Waals surface area contributed by atoms with Crippen molar-refractivity contribution in [1.82, 2.24) is 4.90 Å². The molecule has 1 saturated heterocycles. The average Bonchev–Trinajstić information content (AvgIpc) is 3.55. The molecule has 7 rings (SSSR count). The van der Waals surface area contributed by atoms with Crippen molar-refractivity contribution in [3.63, 3.8) is 0 Å². The van der Waals surface area contributed by atoms with Crippen LogP contribution in [-0.2, 0) is 10.2 Å². The highest BCUT2D eigenvalue weighted by Crippen LogP contribution is 2.62. The van der Waals surface area contributed by atoms with Crippen molar-refractivity contribution in [1.29, 1.82) is 0 Å². The molecule has 0 aromatic heterocycles. The largest absolute Gasteiger partial charge is 0.489 e. The number of nitro groups is 1. The van der Waals surface area contributed by atoms with Gasteiger partial charge in [0.05, 0.1) is 22.4 Å². The van der Waals surface area contributed by atoms with Crippen LogP contribution in [0.2, 0.25) is 0 Å². The maximum atomic E-state index is 15.1. The molecule has 0 unspecified atom stereocenters. The fourth-order valence-corrected chi connectivity index (χ4v) is 7.22. The number of benzene rings is 4.